The fourth-order valence-electron chi connectivity index (χ4n) is 4.66. The third-order valence-electron chi connectivity index (χ3n) is 6.50. The molecule has 2 amide bonds. The number of aryl methyl sites for hydroxylation is 1. The first-order valence-electron chi connectivity index (χ1n) is 11.3. The average Bonchev–Trinajstić information content (AvgIpc) is 3.43. The predicted molar refractivity (Wildman–Crippen MR) is 132 cm³/mol. The first-order valence-corrected chi connectivity index (χ1v) is 12.2. The fourth-order valence-corrected chi connectivity index (χ4v) is 5.56. The van der Waals surface area contributed by atoms with Crippen LogP contribution in [0.1, 0.15) is 35.0 Å². The van der Waals surface area contributed by atoms with Crippen molar-refractivity contribution in [2.45, 2.75) is 38.4 Å². The maximum Gasteiger partial charge on any atom is 0.271 e. The summed E-state index contributed by atoms with van der Waals surface area (Å²) in [7, 11) is 0. The van der Waals surface area contributed by atoms with E-state index in [9.17, 15) is 9.59 Å². The molecule has 2 aromatic heterocycles. The lowest BCUT2D eigenvalue weighted by Gasteiger charge is -2.44. The highest BCUT2D eigenvalue weighted by Crippen LogP contribution is 2.34. The minimum absolute atomic E-state index is 0.0740. The van der Waals surface area contributed by atoms with Crippen LogP contribution < -0.4 is 5.32 Å². The van der Waals surface area contributed by atoms with Gasteiger partial charge in [0.2, 0.25) is 5.91 Å². The molecule has 0 saturated carbocycles. The van der Waals surface area contributed by atoms with Gasteiger partial charge in [-0.1, -0.05) is 60.7 Å². The molecule has 6 heteroatoms. The van der Waals surface area contributed by atoms with Crippen molar-refractivity contribution in [2.24, 2.45) is 0 Å². The summed E-state index contributed by atoms with van der Waals surface area (Å²) in [4.78, 5) is 30.1. The summed E-state index contributed by atoms with van der Waals surface area (Å²) in [5.41, 5.74) is 1.98. The highest BCUT2D eigenvalue weighted by Gasteiger charge is 2.47. The van der Waals surface area contributed by atoms with Crippen LogP contribution in [0.3, 0.4) is 0 Å². The second-order valence-electron chi connectivity index (χ2n) is 8.78. The Bertz CT molecular complexity index is 1280. The number of amides is 2. The summed E-state index contributed by atoms with van der Waals surface area (Å²) < 4.78 is 2.03. The largest absolute Gasteiger partial charge is 0.350 e. The minimum atomic E-state index is -0.967. The molecule has 2 aromatic carbocycles. The van der Waals surface area contributed by atoms with Gasteiger partial charge in [-0.25, -0.2) is 0 Å². The van der Waals surface area contributed by atoms with E-state index in [0.717, 1.165) is 28.6 Å². The van der Waals surface area contributed by atoms with Crippen molar-refractivity contribution in [1.82, 2.24) is 14.8 Å². The van der Waals surface area contributed by atoms with Crippen LogP contribution in [0.4, 0.5) is 0 Å². The molecule has 3 heterocycles. The fraction of sp³-hybridized carbons (Fsp3) is 0.259. The standard InChI is InChI=1S/C27H27N3O2S/c1-27(26(32)28-18-21-11-6-3-7-12-21)19-29-23(17-22-14-16-33-25(22)29)24(31)30(27)15-8-13-20-9-4-2-5-10-20/h2-7,9-12,14,16-17H,8,13,15,18-19H2,1H3,(H,28,32)/t27-/m0/s1. The lowest BCUT2D eigenvalue weighted by molar-refractivity contribution is -0.133. The van der Waals surface area contributed by atoms with Gasteiger partial charge in [-0.05, 0) is 48.4 Å². The summed E-state index contributed by atoms with van der Waals surface area (Å²) in [5, 5.41) is 6.18. The van der Waals surface area contributed by atoms with Gasteiger partial charge in [-0.3, -0.25) is 9.59 Å². The van der Waals surface area contributed by atoms with Crippen molar-refractivity contribution in [2.75, 3.05) is 6.54 Å². The predicted octanol–water partition coefficient (Wildman–Crippen LogP) is 4.87. The summed E-state index contributed by atoms with van der Waals surface area (Å²) >= 11 is 1.61. The molecule has 0 spiro atoms. The van der Waals surface area contributed by atoms with Gasteiger partial charge in [0.1, 0.15) is 16.1 Å². The molecular formula is C27H27N3O2S. The van der Waals surface area contributed by atoms with E-state index >= 15 is 0 Å². The van der Waals surface area contributed by atoms with Crippen LogP contribution in [0.25, 0.3) is 10.2 Å². The number of rotatable bonds is 7. The van der Waals surface area contributed by atoms with E-state index in [4.69, 9.17) is 0 Å². The van der Waals surface area contributed by atoms with Crippen LogP contribution in [0.15, 0.2) is 78.2 Å². The van der Waals surface area contributed by atoms with E-state index in [-0.39, 0.29) is 11.8 Å². The van der Waals surface area contributed by atoms with Gasteiger partial charge >= 0.3 is 0 Å². The van der Waals surface area contributed by atoms with Crippen LogP contribution >= 0.6 is 11.3 Å². The molecule has 0 saturated heterocycles. The zero-order valence-electron chi connectivity index (χ0n) is 18.7. The van der Waals surface area contributed by atoms with Gasteiger partial charge < -0.3 is 14.8 Å². The molecule has 0 aliphatic carbocycles. The third-order valence-corrected chi connectivity index (χ3v) is 7.45. The molecule has 1 N–H and O–H groups in total. The van der Waals surface area contributed by atoms with E-state index in [1.165, 1.54) is 5.56 Å². The molecule has 4 aromatic rings. The van der Waals surface area contributed by atoms with Crippen LogP contribution in [-0.4, -0.2) is 33.4 Å². The number of hydrogen-bond acceptors (Lipinski definition) is 3. The monoisotopic (exact) mass is 457 g/mol. The highest BCUT2D eigenvalue weighted by molar-refractivity contribution is 7.16. The molecule has 1 aliphatic rings. The first-order chi connectivity index (χ1) is 16.1. The Morgan fingerprint density at radius 3 is 2.45 bits per heavy atom. The maximum atomic E-state index is 13.7. The number of carbonyl (C=O) groups is 2. The zero-order valence-corrected chi connectivity index (χ0v) is 19.5. The summed E-state index contributed by atoms with van der Waals surface area (Å²) in [6, 6.07) is 24.1. The molecule has 1 aliphatic heterocycles. The number of carbonyl (C=O) groups excluding carboxylic acids is 2. The normalized spacial score (nSPS) is 17.8. The highest BCUT2D eigenvalue weighted by atomic mass is 32.1. The van der Waals surface area contributed by atoms with Crippen molar-refractivity contribution >= 4 is 33.4 Å². The average molecular weight is 458 g/mol. The Kier molecular flexibility index (Phi) is 5.77. The van der Waals surface area contributed by atoms with Crippen molar-refractivity contribution < 1.29 is 9.59 Å². The van der Waals surface area contributed by atoms with Gasteiger partial charge in [-0.2, -0.15) is 0 Å². The van der Waals surface area contributed by atoms with Gasteiger partial charge in [0.25, 0.3) is 5.91 Å². The van der Waals surface area contributed by atoms with Gasteiger partial charge in [0.15, 0.2) is 0 Å². The van der Waals surface area contributed by atoms with E-state index in [1.54, 1.807) is 16.2 Å². The number of nitrogens with zero attached hydrogens (tertiary/aromatic N) is 2. The molecule has 33 heavy (non-hydrogen) atoms. The Hall–Kier alpha value is -3.38. The quantitative estimate of drug-likeness (QED) is 0.431. The molecule has 168 valence electrons. The molecule has 0 unspecified atom stereocenters. The van der Waals surface area contributed by atoms with E-state index in [0.29, 0.717) is 25.3 Å². The Labute approximate surface area is 197 Å². The van der Waals surface area contributed by atoms with Gasteiger partial charge in [-0.15, -0.1) is 11.3 Å². The Morgan fingerprint density at radius 2 is 1.73 bits per heavy atom. The van der Waals surface area contributed by atoms with Gasteiger partial charge in [0, 0.05) is 18.5 Å². The minimum Gasteiger partial charge on any atom is -0.350 e. The molecule has 0 radical (unpaired) electrons. The third kappa shape index (κ3) is 4.07. The van der Waals surface area contributed by atoms with E-state index in [1.807, 2.05) is 77.5 Å². The number of hydrogen-bond donors (Lipinski definition) is 1. The second kappa shape index (κ2) is 8.87. The summed E-state index contributed by atoms with van der Waals surface area (Å²) in [6.07, 6.45) is 1.66. The molecule has 0 bridgehead atoms. The number of thiophene rings is 1. The number of fused-ring (bicyclic) bond motifs is 3. The van der Waals surface area contributed by atoms with Crippen molar-refractivity contribution in [3.05, 3.63) is 95.0 Å². The topological polar surface area (TPSA) is 54.3 Å². The Balaban J connectivity index is 1.41. The van der Waals surface area contributed by atoms with Crippen LogP contribution in [-0.2, 0) is 24.3 Å². The SMILES string of the molecule is C[C@@]1(C(=O)NCc2ccccc2)Cn2c(cc3ccsc32)C(=O)N1CCCc1ccccc1. The lowest BCUT2D eigenvalue weighted by Crippen LogP contribution is -2.64. The number of nitrogens with one attached hydrogen (secondary N) is 1. The lowest BCUT2D eigenvalue weighted by atomic mass is 9.94. The van der Waals surface area contributed by atoms with Crippen molar-refractivity contribution in [3.63, 3.8) is 0 Å². The number of benzene rings is 2. The van der Waals surface area contributed by atoms with E-state index in [2.05, 4.69) is 17.4 Å². The summed E-state index contributed by atoms with van der Waals surface area (Å²) in [6.45, 7) is 3.32. The summed E-state index contributed by atoms with van der Waals surface area (Å²) in [5.74, 6) is -0.196. The molecule has 5 nitrogen and oxygen atoms in total. The van der Waals surface area contributed by atoms with Crippen LogP contribution in [0, 0.1) is 0 Å². The van der Waals surface area contributed by atoms with Gasteiger partial charge in [0.05, 0.1) is 6.54 Å². The Morgan fingerprint density at radius 1 is 1.03 bits per heavy atom. The maximum absolute atomic E-state index is 13.7. The molecule has 1 atom stereocenters. The zero-order chi connectivity index (χ0) is 22.8. The van der Waals surface area contributed by atoms with Crippen LogP contribution in [0.5, 0.6) is 0 Å². The second-order valence-corrected chi connectivity index (χ2v) is 9.68. The molecule has 5 rings (SSSR count). The number of aromatic nitrogens is 1. The van der Waals surface area contributed by atoms with E-state index < -0.39 is 5.54 Å². The van der Waals surface area contributed by atoms with Crippen LogP contribution in [0.2, 0.25) is 0 Å². The smallest absolute Gasteiger partial charge is 0.271 e. The van der Waals surface area contributed by atoms with Crippen molar-refractivity contribution in [3.8, 4) is 0 Å². The van der Waals surface area contributed by atoms with Crippen molar-refractivity contribution in [1.29, 1.82) is 0 Å². The molecule has 0 fully saturated rings. The molecular weight excluding hydrogens is 430 g/mol. The first kappa shape index (κ1) is 21.5.